The summed E-state index contributed by atoms with van der Waals surface area (Å²) < 4.78 is 5.81. The van der Waals surface area contributed by atoms with Gasteiger partial charge < -0.3 is 20.5 Å². The van der Waals surface area contributed by atoms with Gasteiger partial charge in [-0.3, -0.25) is 9.59 Å². The first-order valence-corrected chi connectivity index (χ1v) is 13.8. The molecule has 0 unspecified atom stereocenters. The number of amides is 1. The van der Waals surface area contributed by atoms with Crippen LogP contribution < -0.4 is 15.4 Å². The Balaban J connectivity index is 1.32. The lowest BCUT2D eigenvalue weighted by Gasteiger charge is -2.50. The summed E-state index contributed by atoms with van der Waals surface area (Å²) in [6.45, 7) is 7.13. The third-order valence-corrected chi connectivity index (χ3v) is 7.93. The van der Waals surface area contributed by atoms with E-state index in [0.29, 0.717) is 35.7 Å². The molecule has 1 saturated carbocycles. The molecule has 0 aromatic heterocycles. The zero-order valence-electron chi connectivity index (χ0n) is 23.4. The van der Waals surface area contributed by atoms with Crippen LogP contribution in [0.1, 0.15) is 61.5 Å². The van der Waals surface area contributed by atoms with Gasteiger partial charge in [0, 0.05) is 23.2 Å². The molecule has 7 nitrogen and oxygen atoms in total. The minimum atomic E-state index is -1.02. The number of benzene rings is 3. The maximum atomic E-state index is 13.0. The molecule has 40 heavy (non-hydrogen) atoms. The second-order valence-corrected chi connectivity index (χ2v) is 11.4. The fourth-order valence-corrected chi connectivity index (χ4v) is 5.25. The number of rotatable bonds is 12. The number of para-hydroxylation sites is 1. The molecule has 0 saturated heterocycles. The summed E-state index contributed by atoms with van der Waals surface area (Å²) >= 11 is 0. The number of ether oxygens (including phenoxy) is 1. The van der Waals surface area contributed by atoms with Gasteiger partial charge in [0.15, 0.2) is 5.78 Å². The largest absolute Gasteiger partial charge is 0.492 e. The van der Waals surface area contributed by atoms with Crippen LogP contribution >= 0.6 is 0 Å². The highest BCUT2D eigenvalue weighted by Crippen LogP contribution is 2.53. The molecule has 1 aliphatic carbocycles. The van der Waals surface area contributed by atoms with Crippen molar-refractivity contribution >= 4 is 23.3 Å². The van der Waals surface area contributed by atoms with E-state index >= 15 is 0 Å². The van der Waals surface area contributed by atoms with Crippen molar-refractivity contribution in [2.24, 2.45) is 10.8 Å². The van der Waals surface area contributed by atoms with Gasteiger partial charge in [-0.15, -0.1) is 0 Å². The number of anilines is 1. The lowest BCUT2D eigenvalue weighted by molar-refractivity contribution is -0.146. The predicted molar refractivity (Wildman–Crippen MR) is 156 cm³/mol. The van der Waals surface area contributed by atoms with Crippen LogP contribution in [-0.4, -0.2) is 42.0 Å². The minimum absolute atomic E-state index is 0.0752. The van der Waals surface area contributed by atoms with Crippen molar-refractivity contribution in [1.82, 2.24) is 5.32 Å². The number of hydrogen-bond acceptors (Lipinski definition) is 5. The molecule has 3 aromatic carbocycles. The Bertz CT molecular complexity index is 1320. The van der Waals surface area contributed by atoms with Crippen molar-refractivity contribution in [1.29, 1.82) is 0 Å². The molecule has 0 radical (unpaired) electrons. The molecule has 0 spiro atoms. The Labute approximate surface area is 236 Å². The average molecular weight is 543 g/mol. The molecule has 7 heteroatoms. The van der Waals surface area contributed by atoms with Gasteiger partial charge in [0.1, 0.15) is 18.4 Å². The van der Waals surface area contributed by atoms with Crippen molar-refractivity contribution < 1.29 is 24.2 Å². The van der Waals surface area contributed by atoms with Gasteiger partial charge in [-0.25, -0.2) is 4.79 Å². The van der Waals surface area contributed by atoms with Crippen molar-refractivity contribution in [2.75, 3.05) is 18.5 Å². The second kappa shape index (κ2) is 12.4. The van der Waals surface area contributed by atoms with Crippen LogP contribution in [0, 0.1) is 10.8 Å². The standard InChI is InChI=1S/C33H38N2O5/c1-32(2,3)33(18-9-19-33)31(39)34-20-21-40-25-16-14-23(15-17-25)22-28(30(37)38)35-27-13-8-7-12-26(27)29(36)24-10-5-4-6-11-24/h4-8,10-17,28,35H,9,18-22H2,1-3H3,(H,34,39)(H,37,38)/t28-/m0/s1. The summed E-state index contributed by atoms with van der Waals surface area (Å²) in [5.41, 5.74) is 1.87. The highest BCUT2D eigenvalue weighted by molar-refractivity contribution is 6.12. The Hall–Kier alpha value is -4.13. The second-order valence-electron chi connectivity index (χ2n) is 11.4. The van der Waals surface area contributed by atoms with E-state index in [-0.39, 0.29) is 28.9 Å². The SMILES string of the molecule is CC(C)(C)C1(C(=O)NCCOc2ccc(C[C@H](Nc3ccccc3C(=O)c3ccccc3)C(=O)O)cc2)CCC1. The summed E-state index contributed by atoms with van der Waals surface area (Å²) in [5, 5.41) is 16.0. The summed E-state index contributed by atoms with van der Waals surface area (Å²) in [6.07, 6.45) is 3.15. The molecule has 0 bridgehead atoms. The van der Waals surface area contributed by atoms with Crippen molar-refractivity contribution in [3.05, 3.63) is 95.6 Å². The number of hydrogen-bond donors (Lipinski definition) is 3. The van der Waals surface area contributed by atoms with Gasteiger partial charge in [0.05, 0.1) is 12.0 Å². The molecular formula is C33H38N2O5. The molecule has 0 aliphatic heterocycles. The van der Waals surface area contributed by atoms with Gasteiger partial charge in [-0.05, 0) is 48.1 Å². The summed E-state index contributed by atoms with van der Waals surface area (Å²) in [7, 11) is 0. The van der Waals surface area contributed by atoms with Crippen LogP contribution in [0.2, 0.25) is 0 Å². The van der Waals surface area contributed by atoms with Crippen LogP contribution in [0.3, 0.4) is 0 Å². The number of carboxylic acid groups (broad SMARTS) is 1. The molecule has 1 aliphatic rings. The molecule has 210 valence electrons. The van der Waals surface area contributed by atoms with E-state index in [9.17, 15) is 19.5 Å². The van der Waals surface area contributed by atoms with Crippen LogP contribution in [0.15, 0.2) is 78.9 Å². The van der Waals surface area contributed by atoms with E-state index in [2.05, 4.69) is 31.4 Å². The molecule has 1 atom stereocenters. The third-order valence-electron chi connectivity index (χ3n) is 7.93. The van der Waals surface area contributed by atoms with Crippen molar-refractivity contribution in [3.63, 3.8) is 0 Å². The van der Waals surface area contributed by atoms with Crippen LogP contribution in [0.4, 0.5) is 5.69 Å². The minimum Gasteiger partial charge on any atom is -0.492 e. The lowest BCUT2D eigenvalue weighted by Crippen LogP contribution is -2.54. The predicted octanol–water partition coefficient (Wildman–Crippen LogP) is 5.74. The van der Waals surface area contributed by atoms with Crippen LogP contribution in [0.5, 0.6) is 5.75 Å². The fraction of sp³-hybridized carbons (Fsp3) is 0.364. The molecule has 4 rings (SSSR count). The van der Waals surface area contributed by atoms with Crippen LogP contribution in [0.25, 0.3) is 0 Å². The molecule has 3 N–H and O–H groups in total. The van der Waals surface area contributed by atoms with E-state index in [1.54, 1.807) is 60.7 Å². The highest BCUT2D eigenvalue weighted by Gasteiger charge is 2.52. The first-order chi connectivity index (χ1) is 19.1. The van der Waals surface area contributed by atoms with Crippen molar-refractivity contribution in [3.8, 4) is 5.75 Å². The first kappa shape index (κ1) is 28.9. The average Bonchev–Trinajstić information content (AvgIpc) is 2.90. The topological polar surface area (TPSA) is 105 Å². The molecule has 1 amide bonds. The van der Waals surface area contributed by atoms with Gasteiger partial charge in [-0.2, -0.15) is 0 Å². The molecular weight excluding hydrogens is 504 g/mol. The van der Waals surface area contributed by atoms with E-state index in [4.69, 9.17) is 4.74 Å². The number of carbonyl (C=O) groups excluding carboxylic acids is 2. The number of nitrogens with one attached hydrogen (secondary N) is 2. The maximum absolute atomic E-state index is 13.0. The first-order valence-electron chi connectivity index (χ1n) is 13.8. The zero-order valence-corrected chi connectivity index (χ0v) is 23.4. The van der Waals surface area contributed by atoms with Crippen molar-refractivity contribution in [2.45, 2.75) is 52.5 Å². The summed E-state index contributed by atoms with van der Waals surface area (Å²) in [4.78, 5) is 38.0. The quantitative estimate of drug-likeness (QED) is 0.199. The number of carboxylic acids is 1. The van der Waals surface area contributed by atoms with E-state index in [1.165, 1.54) is 0 Å². The third kappa shape index (κ3) is 6.53. The molecule has 1 fully saturated rings. The highest BCUT2D eigenvalue weighted by atomic mass is 16.5. The lowest BCUT2D eigenvalue weighted by atomic mass is 9.54. The van der Waals surface area contributed by atoms with E-state index < -0.39 is 12.0 Å². The van der Waals surface area contributed by atoms with E-state index in [0.717, 1.165) is 24.8 Å². The Morgan fingerprint density at radius 3 is 2.17 bits per heavy atom. The van der Waals surface area contributed by atoms with Gasteiger partial charge in [0.2, 0.25) is 5.91 Å². The van der Waals surface area contributed by atoms with Crippen LogP contribution in [-0.2, 0) is 16.0 Å². The maximum Gasteiger partial charge on any atom is 0.326 e. The Morgan fingerprint density at radius 1 is 0.925 bits per heavy atom. The molecule has 0 heterocycles. The van der Waals surface area contributed by atoms with Gasteiger partial charge >= 0.3 is 5.97 Å². The number of ketones is 1. The molecule has 3 aromatic rings. The zero-order chi connectivity index (χ0) is 28.8. The van der Waals surface area contributed by atoms with E-state index in [1.807, 2.05) is 18.2 Å². The normalized spacial score (nSPS) is 14.9. The Kier molecular flexibility index (Phi) is 8.93. The fourth-order valence-electron chi connectivity index (χ4n) is 5.25. The Morgan fingerprint density at radius 2 is 1.57 bits per heavy atom. The monoisotopic (exact) mass is 542 g/mol. The van der Waals surface area contributed by atoms with Gasteiger partial charge in [-0.1, -0.05) is 81.8 Å². The number of aliphatic carboxylic acids is 1. The summed E-state index contributed by atoms with van der Waals surface area (Å²) in [6, 6.07) is 22.2. The summed E-state index contributed by atoms with van der Waals surface area (Å²) in [5.74, 6) is -0.445. The van der Waals surface area contributed by atoms with Gasteiger partial charge in [0.25, 0.3) is 0 Å². The number of carbonyl (C=O) groups is 3. The smallest absolute Gasteiger partial charge is 0.326 e.